The highest BCUT2D eigenvalue weighted by Gasteiger charge is 2.41. The zero-order valence-corrected chi connectivity index (χ0v) is 27.3. The molecule has 1 aliphatic rings. The summed E-state index contributed by atoms with van der Waals surface area (Å²) in [6.07, 6.45) is 0. The molecule has 5 heteroatoms. The van der Waals surface area contributed by atoms with Crippen molar-refractivity contribution in [3.63, 3.8) is 0 Å². The van der Waals surface area contributed by atoms with Crippen molar-refractivity contribution in [2.45, 2.75) is 0 Å². The number of hydrogen-bond acceptors (Lipinski definition) is 3. The maximum Gasteiger partial charge on any atom is 0.172 e. The molecule has 0 N–H and O–H groups in total. The van der Waals surface area contributed by atoms with Crippen LogP contribution in [0, 0.1) is 0 Å². The maximum atomic E-state index is 15.7. The van der Waals surface area contributed by atoms with Gasteiger partial charge in [0.05, 0.1) is 16.7 Å². The first-order chi connectivity index (χ1) is 24.2. The van der Waals surface area contributed by atoms with Gasteiger partial charge in [0.15, 0.2) is 13.0 Å². The van der Waals surface area contributed by atoms with Crippen molar-refractivity contribution in [1.29, 1.82) is 0 Å². The molecule has 0 saturated carbocycles. The molecule has 0 radical (unpaired) electrons. The minimum Gasteiger partial charge on any atom is -0.309 e. The smallest absolute Gasteiger partial charge is 0.172 e. The van der Waals surface area contributed by atoms with E-state index in [-0.39, 0.29) is 0 Å². The van der Waals surface area contributed by atoms with Gasteiger partial charge in [-0.25, -0.2) is 9.97 Å². The molecule has 1 aliphatic heterocycles. The summed E-state index contributed by atoms with van der Waals surface area (Å²) in [5, 5.41) is 7.00. The Morgan fingerprint density at radius 3 is 1.92 bits per heavy atom. The van der Waals surface area contributed by atoms with Crippen LogP contribution in [0.1, 0.15) is 0 Å². The van der Waals surface area contributed by atoms with Gasteiger partial charge in [-0.2, -0.15) is 0 Å². The van der Waals surface area contributed by atoms with Gasteiger partial charge in [0.1, 0.15) is 5.82 Å². The number of rotatable bonds is 4. The number of aromatic nitrogens is 3. The summed E-state index contributed by atoms with van der Waals surface area (Å²) in [6.45, 7) is 0. The molecular formula is C44H28N3OP. The number of fused-ring (bicyclic) bond motifs is 8. The third-order valence-electron chi connectivity index (χ3n) is 9.81. The molecular weight excluding hydrogens is 617 g/mol. The fourth-order valence-electron chi connectivity index (χ4n) is 7.58. The average molecular weight is 646 g/mol. The van der Waals surface area contributed by atoms with E-state index in [4.69, 9.17) is 9.97 Å². The molecule has 2 aromatic heterocycles. The Kier molecular flexibility index (Phi) is 6.12. The first kappa shape index (κ1) is 28.0. The van der Waals surface area contributed by atoms with Gasteiger partial charge in [0.2, 0.25) is 0 Å². The van der Waals surface area contributed by atoms with E-state index >= 15 is 4.57 Å². The van der Waals surface area contributed by atoms with Gasteiger partial charge in [-0.1, -0.05) is 140 Å². The maximum absolute atomic E-state index is 15.7. The highest BCUT2D eigenvalue weighted by atomic mass is 31.2. The first-order valence-electron chi connectivity index (χ1n) is 16.4. The normalized spacial score (nSPS) is 15.1. The van der Waals surface area contributed by atoms with Crippen molar-refractivity contribution in [1.82, 2.24) is 14.5 Å². The third kappa shape index (κ3) is 4.14. The van der Waals surface area contributed by atoms with Crippen molar-refractivity contribution in [2.24, 2.45) is 0 Å². The second-order valence-electron chi connectivity index (χ2n) is 12.5. The van der Waals surface area contributed by atoms with Crippen LogP contribution in [-0.4, -0.2) is 14.5 Å². The van der Waals surface area contributed by atoms with E-state index in [2.05, 4.69) is 108 Å². The van der Waals surface area contributed by atoms with Crippen molar-refractivity contribution in [2.75, 3.05) is 0 Å². The van der Waals surface area contributed by atoms with Crippen molar-refractivity contribution < 1.29 is 4.57 Å². The molecule has 49 heavy (non-hydrogen) atoms. The molecule has 7 aromatic carbocycles. The van der Waals surface area contributed by atoms with Crippen LogP contribution in [0.4, 0.5) is 0 Å². The summed E-state index contributed by atoms with van der Waals surface area (Å²) in [6, 6.07) is 58.0. The summed E-state index contributed by atoms with van der Waals surface area (Å²) in [5.41, 5.74) is 6.93. The molecule has 0 amide bonds. The lowest BCUT2D eigenvalue weighted by Gasteiger charge is -2.16. The largest absolute Gasteiger partial charge is 0.309 e. The SMILES string of the molecule is O=P1(c2ccccc2)c2cc3c4ccccc4n(-c4cc(-c5ccccc5)nc(-c5ccccc5)n4)c3cc2-c2c1ccc1ccccc21. The molecule has 1 atom stereocenters. The molecule has 9 aromatic rings. The Balaban J connectivity index is 1.33. The van der Waals surface area contributed by atoms with Gasteiger partial charge in [-0.15, -0.1) is 0 Å². The number of para-hydroxylation sites is 1. The van der Waals surface area contributed by atoms with Gasteiger partial charge in [0, 0.05) is 49.4 Å². The summed E-state index contributed by atoms with van der Waals surface area (Å²) < 4.78 is 18.0. The average Bonchev–Trinajstić information content (AvgIpc) is 3.64. The van der Waals surface area contributed by atoms with Crippen LogP contribution >= 0.6 is 7.14 Å². The van der Waals surface area contributed by atoms with Gasteiger partial charge in [-0.05, 0) is 40.6 Å². The van der Waals surface area contributed by atoms with Crippen LogP contribution in [0.25, 0.3) is 72.2 Å². The molecule has 230 valence electrons. The van der Waals surface area contributed by atoms with Crippen molar-refractivity contribution >= 4 is 55.6 Å². The van der Waals surface area contributed by atoms with Crippen LogP contribution in [-0.2, 0) is 4.57 Å². The summed E-state index contributed by atoms with van der Waals surface area (Å²) in [4.78, 5) is 10.3. The zero-order valence-electron chi connectivity index (χ0n) is 26.4. The molecule has 1 unspecified atom stereocenters. The number of benzene rings is 7. The van der Waals surface area contributed by atoms with Crippen LogP contribution in [0.3, 0.4) is 0 Å². The van der Waals surface area contributed by atoms with Crippen LogP contribution in [0.15, 0.2) is 170 Å². The molecule has 0 fully saturated rings. The molecule has 0 spiro atoms. The van der Waals surface area contributed by atoms with Gasteiger partial charge >= 0.3 is 0 Å². The van der Waals surface area contributed by atoms with E-state index in [1.165, 1.54) is 0 Å². The predicted molar refractivity (Wildman–Crippen MR) is 203 cm³/mol. The second kappa shape index (κ2) is 10.7. The van der Waals surface area contributed by atoms with E-state index in [1.54, 1.807) is 0 Å². The molecule has 0 aliphatic carbocycles. The quantitative estimate of drug-likeness (QED) is 0.179. The van der Waals surface area contributed by atoms with Gasteiger partial charge in [-0.3, -0.25) is 4.57 Å². The number of hydrogen-bond donors (Lipinski definition) is 0. The van der Waals surface area contributed by atoms with E-state index in [1.807, 2.05) is 66.7 Å². The van der Waals surface area contributed by atoms with Crippen molar-refractivity contribution in [3.8, 4) is 39.6 Å². The lowest BCUT2D eigenvalue weighted by molar-refractivity contribution is 0.593. The fourth-order valence-corrected chi connectivity index (χ4v) is 10.7. The Morgan fingerprint density at radius 2 is 1.14 bits per heavy atom. The highest BCUT2D eigenvalue weighted by molar-refractivity contribution is 7.86. The Labute approximate surface area is 283 Å². The minimum atomic E-state index is -3.18. The monoisotopic (exact) mass is 645 g/mol. The molecule has 10 rings (SSSR count). The molecule has 0 saturated heterocycles. The van der Waals surface area contributed by atoms with E-state index < -0.39 is 7.14 Å². The lowest BCUT2D eigenvalue weighted by Crippen LogP contribution is -2.20. The van der Waals surface area contributed by atoms with Crippen LogP contribution in [0.2, 0.25) is 0 Å². The Bertz CT molecular complexity index is 2730. The Hall–Kier alpha value is -6.09. The second-order valence-corrected chi connectivity index (χ2v) is 15.2. The topological polar surface area (TPSA) is 47.8 Å². The summed E-state index contributed by atoms with van der Waals surface area (Å²) >= 11 is 0. The first-order valence-corrected chi connectivity index (χ1v) is 18.2. The van der Waals surface area contributed by atoms with Crippen molar-refractivity contribution in [3.05, 3.63) is 170 Å². The van der Waals surface area contributed by atoms with Crippen LogP contribution in [0.5, 0.6) is 0 Å². The third-order valence-corrected chi connectivity index (χ3v) is 12.9. The standard InChI is InChI=1S/C44H28N3OP/c48-49(32-19-8-3-9-20-32)40-25-24-29-14-10-11-21-33(29)43(40)36-26-39-35(27-41(36)49)34-22-12-13-23-38(34)47(39)42-28-37(30-15-4-1-5-16-30)45-44(46-42)31-17-6-2-7-18-31/h1-28H. The molecule has 0 bridgehead atoms. The summed E-state index contributed by atoms with van der Waals surface area (Å²) in [7, 11) is -3.18. The Morgan fingerprint density at radius 1 is 0.490 bits per heavy atom. The van der Waals surface area contributed by atoms with E-state index in [9.17, 15) is 0 Å². The fraction of sp³-hybridized carbons (Fsp3) is 0. The van der Waals surface area contributed by atoms with Gasteiger partial charge in [0.25, 0.3) is 0 Å². The zero-order chi connectivity index (χ0) is 32.5. The number of nitrogens with zero attached hydrogens (tertiary/aromatic N) is 3. The molecule has 4 nitrogen and oxygen atoms in total. The van der Waals surface area contributed by atoms with Crippen LogP contribution < -0.4 is 15.9 Å². The minimum absolute atomic E-state index is 0.661. The predicted octanol–water partition coefficient (Wildman–Crippen LogP) is 9.68. The highest BCUT2D eigenvalue weighted by Crippen LogP contribution is 2.55. The molecule has 3 heterocycles. The lowest BCUT2D eigenvalue weighted by atomic mass is 9.97. The van der Waals surface area contributed by atoms with Gasteiger partial charge < -0.3 is 4.57 Å². The van der Waals surface area contributed by atoms with E-state index in [0.717, 1.165) is 82.3 Å². The van der Waals surface area contributed by atoms with E-state index in [0.29, 0.717) is 5.82 Å². The summed E-state index contributed by atoms with van der Waals surface area (Å²) in [5.74, 6) is 1.44.